The third-order valence-electron chi connectivity index (χ3n) is 3.64. The SMILES string of the molecule is CCn1nc(-c2ccccc2)cc(Nc2ccc(C#N)cc2)c1=O. The maximum absolute atomic E-state index is 12.5. The molecule has 3 aromatic rings. The first-order valence-corrected chi connectivity index (χ1v) is 7.66. The number of rotatable bonds is 4. The van der Waals surface area contributed by atoms with Crippen LogP contribution in [0.25, 0.3) is 11.3 Å². The van der Waals surface area contributed by atoms with Crippen LogP contribution in [0.2, 0.25) is 0 Å². The zero-order valence-corrected chi connectivity index (χ0v) is 13.2. The lowest BCUT2D eigenvalue weighted by atomic mass is 10.1. The number of hydrogen-bond acceptors (Lipinski definition) is 4. The Kier molecular flexibility index (Phi) is 4.39. The predicted octanol–water partition coefficient (Wildman–Crippen LogP) is 3.55. The van der Waals surface area contributed by atoms with Gasteiger partial charge in [-0.15, -0.1) is 0 Å². The fraction of sp³-hybridized carbons (Fsp3) is 0.105. The van der Waals surface area contributed by atoms with E-state index in [1.54, 1.807) is 30.3 Å². The maximum Gasteiger partial charge on any atom is 0.290 e. The number of nitrogens with zero attached hydrogens (tertiary/aromatic N) is 3. The first kappa shape index (κ1) is 15.5. The molecule has 2 aromatic carbocycles. The van der Waals surface area contributed by atoms with Crippen LogP contribution in [0.5, 0.6) is 0 Å². The number of nitriles is 1. The highest BCUT2D eigenvalue weighted by Crippen LogP contribution is 2.20. The third kappa shape index (κ3) is 3.18. The van der Waals surface area contributed by atoms with Crippen molar-refractivity contribution in [2.24, 2.45) is 0 Å². The molecule has 5 nitrogen and oxygen atoms in total. The zero-order valence-electron chi connectivity index (χ0n) is 13.2. The number of hydrogen-bond donors (Lipinski definition) is 1. The largest absolute Gasteiger partial charge is 0.351 e. The van der Waals surface area contributed by atoms with Crippen LogP contribution in [-0.2, 0) is 6.54 Å². The summed E-state index contributed by atoms with van der Waals surface area (Å²) in [6.45, 7) is 2.37. The van der Waals surface area contributed by atoms with Gasteiger partial charge in [0.15, 0.2) is 0 Å². The number of anilines is 2. The Morgan fingerprint density at radius 1 is 1.12 bits per heavy atom. The molecule has 0 saturated carbocycles. The van der Waals surface area contributed by atoms with Gasteiger partial charge in [-0.05, 0) is 37.3 Å². The summed E-state index contributed by atoms with van der Waals surface area (Å²) in [6.07, 6.45) is 0. The van der Waals surface area contributed by atoms with Crippen molar-refractivity contribution < 1.29 is 0 Å². The molecular weight excluding hydrogens is 300 g/mol. The predicted molar refractivity (Wildman–Crippen MR) is 94.0 cm³/mol. The second-order valence-corrected chi connectivity index (χ2v) is 5.24. The second kappa shape index (κ2) is 6.80. The summed E-state index contributed by atoms with van der Waals surface area (Å²) < 4.78 is 1.44. The van der Waals surface area contributed by atoms with Gasteiger partial charge in [0.25, 0.3) is 5.56 Å². The van der Waals surface area contributed by atoms with Crippen LogP contribution in [0.15, 0.2) is 65.5 Å². The van der Waals surface area contributed by atoms with E-state index in [0.29, 0.717) is 17.8 Å². The summed E-state index contributed by atoms with van der Waals surface area (Å²) in [6, 6.07) is 20.5. The molecule has 0 aliphatic rings. The van der Waals surface area contributed by atoms with E-state index in [9.17, 15) is 4.79 Å². The lowest BCUT2D eigenvalue weighted by Crippen LogP contribution is -2.24. The molecular formula is C19H16N4O. The van der Waals surface area contributed by atoms with Crippen molar-refractivity contribution in [3.8, 4) is 17.3 Å². The van der Waals surface area contributed by atoms with E-state index in [4.69, 9.17) is 5.26 Å². The Hall–Kier alpha value is -3.39. The van der Waals surface area contributed by atoms with Crippen molar-refractivity contribution in [1.29, 1.82) is 5.26 Å². The Morgan fingerprint density at radius 2 is 1.83 bits per heavy atom. The number of benzene rings is 2. The number of aromatic nitrogens is 2. The minimum atomic E-state index is -0.179. The smallest absolute Gasteiger partial charge is 0.290 e. The van der Waals surface area contributed by atoms with Gasteiger partial charge < -0.3 is 5.32 Å². The lowest BCUT2D eigenvalue weighted by molar-refractivity contribution is 0.621. The molecule has 0 atom stereocenters. The standard InChI is InChI=1S/C19H16N4O/c1-2-23-19(24)18(21-16-10-8-14(13-20)9-11-16)12-17(22-23)15-6-4-3-5-7-15/h3-12,21H,2H2,1H3. The summed E-state index contributed by atoms with van der Waals surface area (Å²) in [5.74, 6) is 0. The normalized spacial score (nSPS) is 10.2. The molecule has 0 aliphatic heterocycles. The minimum absolute atomic E-state index is 0.179. The van der Waals surface area contributed by atoms with Crippen molar-refractivity contribution in [2.45, 2.75) is 13.5 Å². The lowest BCUT2D eigenvalue weighted by Gasteiger charge is -2.11. The quantitative estimate of drug-likeness (QED) is 0.799. The van der Waals surface area contributed by atoms with Gasteiger partial charge >= 0.3 is 0 Å². The summed E-state index contributed by atoms with van der Waals surface area (Å²) >= 11 is 0. The average Bonchev–Trinajstić information content (AvgIpc) is 2.64. The number of nitrogens with one attached hydrogen (secondary N) is 1. The summed E-state index contributed by atoms with van der Waals surface area (Å²) in [5.41, 5.74) is 3.28. The fourth-order valence-corrected chi connectivity index (χ4v) is 2.38. The highest BCUT2D eigenvalue weighted by Gasteiger charge is 2.09. The first-order chi connectivity index (χ1) is 11.7. The minimum Gasteiger partial charge on any atom is -0.351 e. The molecule has 118 valence electrons. The van der Waals surface area contributed by atoms with E-state index >= 15 is 0 Å². The monoisotopic (exact) mass is 316 g/mol. The van der Waals surface area contributed by atoms with Gasteiger partial charge in [-0.1, -0.05) is 30.3 Å². The van der Waals surface area contributed by atoms with Crippen molar-refractivity contribution in [2.75, 3.05) is 5.32 Å². The topological polar surface area (TPSA) is 70.7 Å². The highest BCUT2D eigenvalue weighted by molar-refractivity contribution is 5.67. The zero-order chi connectivity index (χ0) is 16.9. The molecule has 5 heteroatoms. The van der Waals surface area contributed by atoms with E-state index < -0.39 is 0 Å². The van der Waals surface area contributed by atoms with Crippen LogP contribution in [0.1, 0.15) is 12.5 Å². The Balaban J connectivity index is 2.03. The van der Waals surface area contributed by atoms with Crippen molar-refractivity contribution in [3.05, 3.63) is 76.6 Å². The molecule has 1 N–H and O–H groups in total. The Bertz CT molecular complexity index is 938. The third-order valence-corrected chi connectivity index (χ3v) is 3.64. The Labute approximate surface area is 139 Å². The van der Waals surface area contributed by atoms with E-state index in [-0.39, 0.29) is 5.56 Å². The molecule has 1 aromatic heterocycles. The molecule has 0 aliphatic carbocycles. The van der Waals surface area contributed by atoms with Crippen LogP contribution in [0, 0.1) is 11.3 Å². The van der Waals surface area contributed by atoms with Gasteiger partial charge in [-0.2, -0.15) is 10.4 Å². The molecule has 24 heavy (non-hydrogen) atoms. The van der Waals surface area contributed by atoms with Gasteiger partial charge in [0.05, 0.1) is 17.3 Å². The highest BCUT2D eigenvalue weighted by atomic mass is 16.1. The fourth-order valence-electron chi connectivity index (χ4n) is 2.38. The molecule has 0 unspecified atom stereocenters. The maximum atomic E-state index is 12.5. The molecule has 0 radical (unpaired) electrons. The van der Waals surface area contributed by atoms with E-state index in [2.05, 4.69) is 16.5 Å². The molecule has 0 saturated heterocycles. The van der Waals surface area contributed by atoms with Crippen LogP contribution in [-0.4, -0.2) is 9.78 Å². The van der Waals surface area contributed by atoms with Crippen LogP contribution in [0.3, 0.4) is 0 Å². The van der Waals surface area contributed by atoms with Crippen molar-refractivity contribution in [3.63, 3.8) is 0 Å². The molecule has 0 fully saturated rings. The summed E-state index contributed by atoms with van der Waals surface area (Å²) in [5, 5.41) is 16.4. The molecule has 0 amide bonds. The first-order valence-electron chi connectivity index (χ1n) is 7.66. The average molecular weight is 316 g/mol. The molecule has 3 rings (SSSR count). The second-order valence-electron chi connectivity index (χ2n) is 5.24. The molecule has 0 spiro atoms. The summed E-state index contributed by atoms with van der Waals surface area (Å²) in [4.78, 5) is 12.5. The van der Waals surface area contributed by atoms with Crippen molar-refractivity contribution in [1.82, 2.24) is 9.78 Å². The van der Waals surface area contributed by atoms with E-state index in [1.807, 2.05) is 37.3 Å². The van der Waals surface area contributed by atoms with Crippen molar-refractivity contribution >= 4 is 11.4 Å². The van der Waals surface area contributed by atoms with Gasteiger partial charge in [-0.25, -0.2) is 4.68 Å². The van der Waals surface area contributed by atoms with Gasteiger partial charge in [0, 0.05) is 17.8 Å². The molecule has 0 bridgehead atoms. The van der Waals surface area contributed by atoms with E-state index in [1.165, 1.54) is 4.68 Å². The Morgan fingerprint density at radius 3 is 2.46 bits per heavy atom. The summed E-state index contributed by atoms with van der Waals surface area (Å²) in [7, 11) is 0. The number of aryl methyl sites for hydroxylation is 1. The van der Waals surface area contributed by atoms with Gasteiger partial charge in [0.1, 0.15) is 5.69 Å². The van der Waals surface area contributed by atoms with Gasteiger partial charge in [0.2, 0.25) is 0 Å². The van der Waals surface area contributed by atoms with Crippen LogP contribution >= 0.6 is 0 Å². The van der Waals surface area contributed by atoms with Crippen LogP contribution < -0.4 is 10.9 Å². The van der Waals surface area contributed by atoms with E-state index in [0.717, 1.165) is 16.9 Å². The molecule has 1 heterocycles. The van der Waals surface area contributed by atoms with Gasteiger partial charge in [-0.3, -0.25) is 4.79 Å². The van der Waals surface area contributed by atoms with Crippen LogP contribution in [0.4, 0.5) is 11.4 Å².